The molecule has 0 amide bonds. The highest BCUT2D eigenvalue weighted by atomic mass is 16.7. The number of aromatic nitrogens is 4. The minimum Gasteiger partial charge on any atom is -0.454 e. The van der Waals surface area contributed by atoms with Gasteiger partial charge in [0, 0.05) is 17.5 Å². The second-order valence-corrected chi connectivity index (χ2v) is 7.10. The molecule has 0 bridgehead atoms. The van der Waals surface area contributed by atoms with Crippen LogP contribution in [-0.4, -0.2) is 44.4 Å². The van der Waals surface area contributed by atoms with Gasteiger partial charge in [0.1, 0.15) is 5.82 Å². The van der Waals surface area contributed by atoms with Crippen molar-refractivity contribution in [3.05, 3.63) is 30.3 Å². The minimum absolute atomic E-state index is 0.227. The maximum Gasteiger partial charge on any atom is 0.231 e. The summed E-state index contributed by atoms with van der Waals surface area (Å²) in [6.45, 7) is 6.60. The summed E-state index contributed by atoms with van der Waals surface area (Å²) >= 11 is 0. The molecular formula is C18H21N5O3. The number of aliphatic hydroxyl groups is 1. The van der Waals surface area contributed by atoms with Gasteiger partial charge in [-0.05, 0) is 37.3 Å². The van der Waals surface area contributed by atoms with E-state index in [2.05, 4.69) is 20.6 Å². The van der Waals surface area contributed by atoms with Gasteiger partial charge in [-0.3, -0.25) is 0 Å². The van der Waals surface area contributed by atoms with Crippen molar-refractivity contribution in [1.29, 1.82) is 0 Å². The molecule has 26 heavy (non-hydrogen) atoms. The van der Waals surface area contributed by atoms with Gasteiger partial charge in [-0.15, -0.1) is 15.3 Å². The molecule has 1 unspecified atom stereocenters. The molecular weight excluding hydrogens is 334 g/mol. The van der Waals surface area contributed by atoms with Gasteiger partial charge in [0.25, 0.3) is 0 Å². The first kappa shape index (κ1) is 16.6. The number of hydrogen-bond donors (Lipinski definition) is 2. The lowest BCUT2D eigenvalue weighted by atomic mass is 9.87. The van der Waals surface area contributed by atoms with Gasteiger partial charge >= 0.3 is 0 Å². The van der Waals surface area contributed by atoms with Crippen molar-refractivity contribution in [2.75, 3.05) is 18.7 Å². The second kappa shape index (κ2) is 6.14. The van der Waals surface area contributed by atoms with E-state index >= 15 is 0 Å². The van der Waals surface area contributed by atoms with Gasteiger partial charge in [-0.2, -0.15) is 4.52 Å². The molecule has 2 aromatic heterocycles. The predicted octanol–water partition coefficient (Wildman–Crippen LogP) is 2.34. The summed E-state index contributed by atoms with van der Waals surface area (Å²) in [5.41, 5.74) is 1.22. The first-order valence-corrected chi connectivity index (χ1v) is 8.48. The SMILES string of the molecule is CC(O)C(C)(C)CNc1ccc2nnc(-c3ccc4c(c3)OCO4)n2n1. The number of aliphatic hydroxyl groups excluding tert-OH is 1. The fourth-order valence-electron chi connectivity index (χ4n) is 2.56. The largest absolute Gasteiger partial charge is 0.454 e. The molecule has 1 aromatic carbocycles. The third kappa shape index (κ3) is 2.92. The third-order valence-corrected chi connectivity index (χ3v) is 4.75. The summed E-state index contributed by atoms with van der Waals surface area (Å²) in [6.07, 6.45) is -0.433. The fourth-order valence-corrected chi connectivity index (χ4v) is 2.56. The number of rotatable bonds is 5. The van der Waals surface area contributed by atoms with Gasteiger partial charge in [0.05, 0.1) is 6.10 Å². The molecule has 0 radical (unpaired) electrons. The zero-order valence-electron chi connectivity index (χ0n) is 14.9. The van der Waals surface area contributed by atoms with Crippen LogP contribution < -0.4 is 14.8 Å². The van der Waals surface area contributed by atoms with Crippen LogP contribution in [0.1, 0.15) is 20.8 Å². The number of hydrogen-bond acceptors (Lipinski definition) is 7. The molecule has 1 aliphatic heterocycles. The summed E-state index contributed by atoms with van der Waals surface area (Å²) in [4.78, 5) is 0. The van der Waals surface area contributed by atoms with Crippen molar-refractivity contribution in [1.82, 2.24) is 19.8 Å². The molecule has 1 atom stereocenters. The molecule has 136 valence electrons. The maximum absolute atomic E-state index is 9.86. The number of ether oxygens (including phenoxy) is 2. The smallest absolute Gasteiger partial charge is 0.231 e. The van der Waals surface area contributed by atoms with E-state index in [9.17, 15) is 5.11 Å². The van der Waals surface area contributed by atoms with Crippen molar-refractivity contribution in [2.24, 2.45) is 5.41 Å². The lowest BCUT2D eigenvalue weighted by Crippen LogP contribution is -2.34. The van der Waals surface area contributed by atoms with Crippen LogP contribution in [-0.2, 0) is 0 Å². The monoisotopic (exact) mass is 355 g/mol. The zero-order chi connectivity index (χ0) is 18.3. The Balaban J connectivity index is 1.65. The van der Waals surface area contributed by atoms with Crippen LogP contribution >= 0.6 is 0 Å². The number of fused-ring (bicyclic) bond motifs is 2. The highest BCUT2D eigenvalue weighted by molar-refractivity contribution is 5.64. The Morgan fingerprint density at radius 2 is 2.00 bits per heavy atom. The predicted molar refractivity (Wildman–Crippen MR) is 96.3 cm³/mol. The number of benzene rings is 1. The Bertz CT molecular complexity index is 951. The minimum atomic E-state index is -0.433. The van der Waals surface area contributed by atoms with Crippen LogP contribution in [0, 0.1) is 5.41 Å². The molecule has 8 heteroatoms. The van der Waals surface area contributed by atoms with Crippen molar-refractivity contribution >= 4 is 11.5 Å². The van der Waals surface area contributed by atoms with Crippen molar-refractivity contribution in [3.8, 4) is 22.9 Å². The van der Waals surface area contributed by atoms with E-state index in [0.29, 0.717) is 29.6 Å². The fraction of sp³-hybridized carbons (Fsp3) is 0.389. The van der Waals surface area contributed by atoms with E-state index in [1.807, 2.05) is 44.2 Å². The Hall–Kier alpha value is -2.87. The van der Waals surface area contributed by atoms with E-state index in [-0.39, 0.29) is 12.2 Å². The van der Waals surface area contributed by atoms with Crippen LogP contribution in [0.5, 0.6) is 11.5 Å². The van der Waals surface area contributed by atoms with E-state index in [0.717, 1.165) is 11.3 Å². The van der Waals surface area contributed by atoms with E-state index in [1.165, 1.54) is 0 Å². The molecule has 0 spiro atoms. The summed E-state index contributed by atoms with van der Waals surface area (Å²) in [5.74, 6) is 2.72. The highest BCUT2D eigenvalue weighted by Gasteiger charge is 2.24. The van der Waals surface area contributed by atoms with Crippen molar-refractivity contribution in [2.45, 2.75) is 26.9 Å². The average Bonchev–Trinajstić information content (AvgIpc) is 3.25. The normalized spacial score (nSPS) is 14.6. The van der Waals surface area contributed by atoms with Crippen LogP contribution in [0.25, 0.3) is 17.0 Å². The van der Waals surface area contributed by atoms with E-state index < -0.39 is 6.10 Å². The number of anilines is 1. The Morgan fingerprint density at radius 1 is 1.19 bits per heavy atom. The van der Waals surface area contributed by atoms with Crippen molar-refractivity contribution < 1.29 is 14.6 Å². The van der Waals surface area contributed by atoms with Gasteiger partial charge in [0.15, 0.2) is 23.0 Å². The number of nitrogens with zero attached hydrogens (tertiary/aromatic N) is 4. The van der Waals surface area contributed by atoms with Crippen LogP contribution in [0.2, 0.25) is 0 Å². The Morgan fingerprint density at radius 3 is 2.81 bits per heavy atom. The molecule has 0 saturated carbocycles. The van der Waals surface area contributed by atoms with E-state index in [4.69, 9.17) is 9.47 Å². The van der Waals surface area contributed by atoms with Crippen LogP contribution in [0.3, 0.4) is 0 Å². The lowest BCUT2D eigenvalue weighted by molar-refractivity contribution is 0.0756. The Kier molecular flexibility index (Phi) is 3.91. The first-order valence-electron chi connectivity index (χ1n) is 8.48. The number of nitrogens with one attached hydrogen (secondary N) is 1. The standard InChI is InChI=1S/C18H21N5O3/c1-11(24)18(2,3)9-19-15-6-7-16-20-21-17(23(16)22-15)12-4-5-13-14(8-12)26-10-25-13/h4-8,11,24H,9-10H2,1-3H3,(H,19,22). The molecule has 8 nitrogen and oxygen atoms in total. The molecule has 0 fully saturated rings. The van der Waals surface area contributed by atoms with Gasteiger partial charge < -0.3 is 19.9 Å². The maximum atomic E-state index is 9.86. The van der Waals surface area contributed by atoms with Crippen molar-refractivity contribution in [3.63, 3.8) is 0 Å². The summed E-state index contributed by atoms with van der Waals surface area (Å²) in [6, 6.07) is 9.34. The van der Waals surface area contributed by atoms with Crippen LogP contribution in [0.15, 0.2) is 30.3 Å². The van der Waals surface area contributed by atoms with Gasteiger partial charge in [0.2, 0.25) is 6.79 Å². The highest BCUT2D eigenvalue weighted by Crippen LogP contribution is 2.35. The van der Waals surface area contributed by atoms with Gasteiger partial charge in [-0.1, -0.05) is 13.8 Å². The summed E-state index contributed by atoms with van der Waals surface area (Å²) in [7, 11) is 0. The van der Waals surface area contributed by atoms with Gasteiger partial charge in [-0.25, -0.2) is 0 Å². The molecule has 0 saturated heterocycles. The first-order chi connectivity index (χ1) is 12.4. The molecule has 3 heterocycles. The second-order valence-electron chi connectivity index (χ2n) is 7.10. The summed E-state index contributed by atoms with van der Waals surface area (Å²) in [5, 5.41) is 26.2. The lowest BCUT2D eigenvalue weighted by Gasteiger charge is -2.28. The third-order valence-electron chi connectivity index (χ3n) is 4.75. The molecule has 3 aromatic rings. The zero-order valence-corrected chi connectivity index (χ0v) is 14.9. The van der Waals surface area contributed by atoms with E-state index in [1.54, 1.807) is 11.4 Å². The molecule has 0 aliphatic carbocycles. The summed E-state index contributed by atoms with van der Waals surface area (Å²) < 4.78 is 12.5. The van der Waals surface area contributed by atoms with Crippen LogP contribution in [0.4, 0.5) is 5.82 Å². The molecule has 4 rings (SSSR count). The quantitative estimate of drug-likeness (QED) is 0.725. The topological polar surface area (TPSA) is 93.8 Å². The Labute approximate surface area is 150 Å². The molecule has 1 aliphatic rings. The average molecular weight is 355 g/mol. The molecule has 2 N–H and O–H groups in total.